The lowest BCUT2D eigenvalue weighted by molar-refractivity contribution is -0.194. The Hall–Kier alpha value is -4.16. The van der Waals surface area contributed by atoms with E-state index in [0.29, 0.717) is 29.1 Å². The van der Waals surface area contributed by atoms with E-state index in [2.05, 4.69) is 10.4 Å². The first-order valence-corrected chi connectivity index (χ1v) is 13.9. The SMILES string of the molecule is CC(C)(C)OC(=O)N(N=C(N)N)[C@@H](CC1CCCNC1)C(O)(C(=O)OCc1ccccc1)C(=O)OCc1ccccc1. The highest BCUT2D eigenvalue weighted by Crippen LogP contribution is 2.31. The van der Waals surface area contributed by atoms with Gasteiger partial charge in [0.1, 0.15) is 24.9 Å². The van der Waals surface area contributed by atoms with E-state index in [1.807, 2.05) is 0 Å². The third-order valence-corrected chi connectivity index (χ3v) is 6.58. The van der Waals surface area contributed by atoms with Crippen LogP contribution in [0.15, 0.2) is 65.8 Å². The molecule has 0 spiro atoms. The van der Waals surface area contributed by atoms with Gasteiger partial charge in [0.05, 0.1) is 0 Å². The molecule has 1 fully saturated rings. The molecule has 1 unspecified atom stereocenters. The average molecular weight is 584 g/mol. The highest BCUT2D eigenvalue weighted by molar-refractivity contribution is 6.04. The fourth-order valence-corrected chi connectivity index (χ4v) is 4.58. The maximum atomic E-state index is 13.8. The second-order valence-corrected chi connectivity index (χ2v) is 11.2. The molecule has 1 amide bonds. The van der Waals surface area contributed by atoms with Gasteiger partial charge < -0.3 is 36.1 Å². The lowest BCUT2D eigenvalue weighted by Gasteiger charge is -2.39. The molecule has 12 heteroatoms. The molecule has 1 heterocycles. The zero-order chi connectivity index (χ0) is 30.8. The van der Waals surface area contributed by atoms with Crippen LogP contribution >= 0.6 is 0 Å². The van der Waals surface area contributed by atoms with Crippen LogP contribution in [-0.2, 0) is 37.0 Å². The number of aliphatic hydroxyl groups is 1. The Kier molecular flexibility index (Phi) is 11.3. The Morgan fingerprint density at radius 1 is 0.976 bits per heavy atom. The minimum Gasteiger partial charge on any atom is -0.458 e. The number of nitrogens with one attached hydrogen (secondary N) is 1. The van der Waals surface area contributed by atoms with Crippen molar-refractivity contribution in [3.8, 4) is 0 Å². The van der Waals surface area contributed by atoms with Crippen LogP contribution in [0.1, 0.15) is 51.2 Å². The Labute approximate surface area is 246 Å². The van der Waals surface area contributed by atoms with Gasteiger partial charge >= 0.3 is 18.0 Å². The summed E-state index contributed by atoms with van der Waals surface area (Å²) in [5, 5.41) is 20.0. The van der Waals surface area contributed by atoms with Crippen molar-refractivity contribution in [2.75, 3.05) is 13.1 Å². The fraction of sp³-hybridized carbons (Fsp3) is 0.467. The first-order chi connectivity index (χ1) is 19.9. The Bertz CT molecular complexity index is 1150. The minimum absolute atomic E-state index is 0.0552. The van der Waals surface area contributed by atoms with E-state index in [0.717, 1.165) is 13.0 Å². The average Bonchev–Trinajstić information content (AvgIpc) is 2.96. The van der Waals surface area contributed by atoms with Crippen molar-refractivity contribution in [2.24, 2.45) is 22.5 Å². The number of amides is 1. The quantitative estimate of drug-likeness (QED) is 0.0766. The Morgan fingerprint density at radius 3 is 1.93 bits per heavy atom. The van der Waals surface area contributed by atoms with Crippen molar-refractivity contribution in [2.45, 2.75) is 70.5 Å². The first-order valence-electron chi connectivity index (χ1n) is 13.9. The van der Waals surface area contributed by atoms with Crippen molar-refractivity contribution in [3.05, 3.63) is 71.8 Å². The Morgan fingerprint density at radius 2 is 1.50 bits per heavy atom. The van der Waals surface area contributed by atoms with Crippen LogP contribution < -0.4 is 16.8 Å². The number of carbonyl (C=O) groups excluding carboxylic acids is 3. The number of piperidine rings is 1. The summed E-state index contributed by atoms with van der Waals surface area (Å²) in [5.74, 6) is -3.36. The molecule has 12 nitrogen and oxygen atoms in total. The van der Waals surface area contributed by atoms with E-state index < -0.39 is 41.2 Å². The smallest absolute Gasteiger partial charge is 0.431 e. The molecule has 3 rings (SSSR count). The van der Waals surface area contributed by atoms with Gasteiger partial charge in [-0.2, -0.15) is 5.01 Å². The highest BCUT2D eigenvalue weighted by Gasteiger charge is 2.58. The number of guanidine groups is 1. The molecule has 0 radical (unpaired) electrons. The molecule has 0 aromatic heterocycles. The number of hydrogen-bond acceptors (Lipinski definition) is 9. The number of carbonyl (C=O) groups is 3. The minimum atomic E-state index is -3.03. The van der Waals surface area contributed by atoms with Crippen molar-refractivity contribution in [1.29, 1.82) is 0 Å². The van der Waals surface area contributed by atoms with Gasteiger partial charge in [0.25, 0.3) is 5.60 Å². The van der Waals surface area contributed by atoms with Crippen molar-refractivity contribution < 1.29 is 33.7 Å². The molecule has 2 aromatic carbocycles. The molecule has 1 aliphatic rings. The molecule has 0 saturated carbocycles. The molecule has 2 atom stereocenters. The molecule has 2 aromatic rings. The summed E-state index contributed by atoms with van der Waals surface area (Å²) in [6.07, 6.45) is 0.374. The van der Waals surface area contributed by atoms with Crippen molar-refractivity contribution in [1.82, 2.24) is 10.3 Å². The van der Waals surface area contributed by atoms with Crippen LogP contribution in [0.25, 0.3) is 0 Å². The van der Waals surface area contributed by atoms with Crippen LogP contribution in [0.2, 0.25) is 0 Å². The Balaban J connectivity index is 2.07. The van der Waals surface area contributed by atoms with Gasteiger partial charge in [-0.3, -0.25) is 0 Å². The molecule has 228 valence electrons. The number of rotatable bonds is 11. The van der Waals surface area contributed by atoms with Gasteiger partial charge in [-0.15, -0.1) is 5.10 Å². The van der Waals surface area contributed by atoms with Crippen LogP contribution in [0.5, 0.6) is 0 Å². The first kappa shape index (κ1) is 32.4. The third-order valence-electron chi connectivity index (χ3n) is 6.58. The lowest BCUT2D eigenvalue weighted by atomic mass is 9.83. The summed E-state index contributed by atoms with van der Waals surface area (Å²) < 4.78 is 16.5. The standard InChI is InChI=1S/C30H41N5O7/c1-29(2,3)42-28(38)35(34-27(31)32)24(17-23-15-10-16-33-18-23)30(39,25(36)40-19-21-11-6-4-7-12-21)26(37)41-20-22-13-8-5-9-14-22/h4-9,11-14,23-24,33,39H,10,15-20H2,1-3H3,(H4,31,32,34)/t23?,24-/m0/s1. The van der Waals surface area contributed by atoms with E-state index in [4.69, 9.17) is 25.7 Å². The molecule has 0 bridgehead atoms. The maximum absolute atomic E-state index is 13.8. The van der Waals surface area contributed by atoms with E-state index in [-0.39, 0.29) is 25.6 Å². The molecule has 42 heavy (non-hydrogen) atoms. The number of nitrogens with two attached hydrogens (primary N) is 2. The van der Waals surface area contributed by atoms with Gasteiger partial charge in [0.15, 0.2) is 0 Å². The molecule has 6 N–H and O–H groups in total. The van der Waals surface area contributed by atoms with Gasteiger partial charge in [-0.05, 0) is 70.2 Å². The second kappa shape index (κ2) is 14.6. The van der Waals surface area contributed by atoms with Crippen molar-refractivity contribution in [3.63, 3.8) is 0 Å². The topological polar surface area (TPSA) is 179 Å². The van der Waals surface area contributed by atoms with E-state index in [9.17, 15) is 19.5 Å². The predicted molar refractivity (Wildman–Crippen MR) is 155 cm³/mol. The zero-order valence-corrected chi connectivity index (χ0v) is 24.3. The molecular formula is C30H41N5O7. The molecular weight excluding hydrogens is 542 g/mol. The summed E-state index contributed by atoms with van der Waals surface area (Å²) in [6.45, 7) is 5.69. The fourth-order valence-electron chi connectivity index (χ4n) is 4.58. The molecule has 1 aliphatic heterocycles. The second-order valence-electron chi connectivity index (χ2n) is 11.2. The highest BCUT2D eigenvalue weighted by atomic mass is 16.6. The van der Waals surface area contributed by atoms with Crippen molar-refractivity contribution >= 4 is 24.0 Å². The number of hydrogen-bond donors (Lipinski definition) is 4. The van der Waals surface area contributed by atoms with Crippen LogP contribution in [0, 0.1) is 5.92 Å². The largest absolute Gasteiger partial charge is 0.458 e. The normalized spacial score (nSPS) is 16.0. The number of hydrazone groups is 1. The van der Waals surface area contributed by atoms with Gasteiger partial charge in [-0.1, -0.05) is 60.7 Å². The van der Waals surface area contributed by atoms with Gasteiger partial charge in [0.2, 0.25) is 5.96 Å². The summed E-state index contributed by atoms with van der Waals surface area (Å²) in [6, 6.07) is 15.8. The third kappa shape index (κ3) is 9.18. The predicted octanol–water partition coefficient (Wildman–Crippen LogP) is 2.39. The summed E-state index contributed by atoms with van der Waals surface area (Å²) >= 11 is 0. The van der Waals surface area contributed by atoms with Crippen LogP contribution in [0.4, 0.5) is 4.79 Å². The maximum Gasteiger partial charge on any atom is 0.431 e. The molecule has 1 saturated heterocycles. The number of benzene rings is 2. The number of ether oxygens (including phenoxy) is 3. The van der Waals surface area contributed by atoms with E-state index in [1.165, 1.54) is 0 Å². The number of nitrogens with zero attached hydrogens (tertiary/aromatic N) is 2. The summed E-state index contributed by atoms with van der Waals surface area (Å²) in [5.41, 5.74) is 8.57. The monoisotopic (exact) mass is 583 g/mol. The summed E-state index contributed by atoms with van der Waals surface area (Å²) in [4.78, 5) is 41.1. The summed E-state index contributed by atoms with van der Waals surface area (Å²) in [7, 11) is 0. The number of esters is 2. The van der Waals surface area contributed by atoms with Gasteiger partial charge in [0, 0.05) is 0 Å². The lowest BCUT2D eigenvalue weighted by Crippen LogP contribution is -2.64. The van der Waals surface area contributed by atoms with E-state index >= 15 is 0 Å². The zero-order valence-electron chi connectivity index (χ0n) is 24.3. The molecule has 0 aliphatic carbocycles. The van der Waals surface area contributed by atoms with E-state index in [1.54, 1.807) is 81.4 Å². The van der Waals surface area contributed by atoms with Gasteiger partial charge in [-0.25, -0.2) is 14.4 Å². The van der Waals surface area contributed by atoms with Crippen LogP contribution in [0.3, 0.4) is 0 Å². The van der Waals surface area contributed by atoms with Crippen LogP contribution in [-0.4, -0.2) is 64.4 Å².